The van der Waals surface area contributed by atoms with Gasteiger partial charge in [0.2, 0.25) is 15.9 Å². The van der Waals surface area contributed by atoms with Gasteiger partial charge in [-0.3, -0.25) is 9.69 Å². The number of amides is 1. The van der Waals surface area contributed by atoms with Gasteiger partial charge in [0.15, 0.2) is 6.29 Å². The molecule has 0 aromatic heterocycles. The maximum Gasteiger partial charge on any atom is 0.241 e. The van der Waals surface area contributed by atoms with Crippen LogP contribution in [0.5, 0.6) is 0 Å². The lowest BCUT2D eigenvalue weighted by atomic mass is 9.89. The first-order chi connectivity index (χ1) is 29.1. The van der Waals surface area contributed by atoms with E-state index in [0.29, 0.717) is 6.04 Å². The summed E-state index contributed by atoms with van der Waals surface area (Å²) < 4.78 is 43.2. The molecule has 5 atom stereocenters. The molecule has 314 valence electrons. The van der Waals surface area contributed by atoms with Crippen molar-refractivity contribution in [1.29, 1.82) is 0 Å². The molecule has 5 aromatic rings. The summed E-state index contributed by atoms with van der Waals surface area (Å²) in [5.41, 5.74) is 7.39. The maximum absolute atomic E-state index is 13.8. The number of rotatable bonds is 17. The predicted octanol–water partition coefficient (Wildman–Crippen LogP) is 8.58. The van der Waals surface area contributed by atoms with Crippen molar-refractivity contribution in [1.82, 2.24) is 14.9 Å². The van der Waals surface area contributed by atoms with E-state index in [1.807, 2.05) is 104 Å². The fraction of sp³-hybridized carbons (Fsp3) is 0.340. The number of nitrogens with one attached hydrogen (secondary N) is 2. The third-order valence-corrected chi connectivity index (χ3v) is 13.3. The molecular formula is C50H57N3O6S. The van der Waals surface area contributed by atoms with Gasteiger partial charge in [0.05, 0.1) is 23.7 Å². The van der Waals surface area contributed by atoms with Gasteiger partial charge < -0.3 is 19.9 Å². The normalized spacial score (nSPS) is 20.2. The summed E-state index contributed by atoms with van der Waals surface area (Å²) in [7, 11) is -3.97. The van der Waals surface area contributed by atoms with Crippen molar-refractivity contribution in [3.63, 3.8) is 0 Å². The summed E-state index contributed by atoms with van der Waals surface area (Å²) in [6.45, 7) is 9.93. The topological polar surface area (TPSA) is 117 Å². The molecule has 5 aromatic carbocycles. The van der Waals surface area contributed by atoms with E-state index in [4.69, 9.17) is 9.47 Å². The summed E-state index contributed by atoms with van der Waals surface area (Å²) in [4.78, 5) is 16.4. The second kappa shape index (κ2) is 20.1. The van der Waals surface area contributed by atoms with Crippen LogP contribution in [-0.4, -0.2) is 55.6 Å². The monoisotopic (exact) mass is 827 g/mol. The summed E-state index contributed by atoms with van der Waals surface area (Å²) in [6, 6.07) is 39.6. The molecule has 2 aliphatic rings. The molecule has 0 bridgehead atoms. The Morgan fingerprint density at radius 3 is 2.22 bits per heavy atom. The van der Waals surface area contributed by atoms with Gasteiger partial charge in [0.25, 0.3) is 0 Å². The summed E-state index contributed by atoms with van der Waals surface area (Å²) >= 11 is 0. The van der Waals surface area contributed by atoms with Crippen molar-refractivity contribution in [2.45, 2.75) is 94.6 Å². The molecule has 9 nitrogen and oxygen atoms in total. The first kappa shape index (κ1) is 43.2. The van der Waals surface area contributed by atoms with Crippen LogP contribution in [0.4, 0.5) is 0 Å². The van der Waals surface area contributed by atoms with Crippen molar-refractivity contribution < 1.29 is 27.8 Å². The van der Waals surface area contributed by atoms with E-state index >= 15 is 0 Å². The highest BCUT2D eigenvalue weighted by molar-refractivity contribution is 7.89. The molecule has 0 spiro atoms. The van der Waals surface area contributed by atoms with Crippen molar-refractivity contribution in [3.05, 3.63) is 173 Å². The van der Waals surface area contributed by atoms with E-state index < -0.39 is 28.3 Å². The van der Waals surface area contributed by atoms with Gasteiger partial charge in [0, 0.05) is 37.2 Å². The number of aryl methyl sites for hydroxylation is 1. The Hall–Kier alpha value is -4.94. The van der Waals surface area contributed by atoms with Gasteiger partial charge in [-0.2, -0.15) is 4.72 Å². The average Bonchev–Trinajstić information content (AvgIpc) is 3.82. The van der Waals surface area contributed by atoms with E-state index in [2.05, 4.69) is 40.6 Å². The van der Waals surface area contributed by atoms with E-state index in [0.717, 1.165) is 57.6 Å². The molecule has 0 radical (unpaired) electrons. The number of carbonyl (C=O) groups is 1. The van der Waals surface area contributed by atoms with Crippen molar-refractivity contribution >= 4 is 15.9 Å². The smallest absolute Gasteiger partial charge is 0.241 e. The summed E-state index contributed by atoms with van der Waals surface area (Å²) in [6.07, 6.45) is 6.11. The van der Waals surface area contributed by atoms with Crippen LogP contribution >= 0.6 is 0 Å². The fourth-order valence-corrected chi connectivity index (χ4v) is 9.61. The molecule has 1 aliphatic heterocycles. The number of sulfonamides is 1. The van der Waals surface area contributed by atoms with Gasteiger partial charge in [-0.15, -0.1) is 6.58 Å². The molecule has 1 heterocycles. The Bertz CT molecular complexity index is 2300. The zero-order valence-corrected chi connectivity index (χ0v) is 35.4. The molecule has 7 rings (SSSR count). The largest absolute Gasteiger partial charge is 0.392 e. The lowest BCUT2D eigenvalue weighted by molar-refractivity contribution is -0.276. The van der Waals surface area contributed by atoms with Gasteiger partial charge in [-0.25, -0.2) is 8.42 Å². The lowest BCUT2D eigenvalue weighted by Crippen LogP contribution is -2.47. The Morgan fingerprint density at radius 1 is 0.833 bits per heavy atom. The third kappa shape index (κ3) is 10.9. The minimum absolute atomic E-state index is 0.0151. The first-order valence-corrected chi connectivity index (χ1v) is 22.5. The molecule has 1 amide bonds. The number of carbonyl (C=O) groups excluding carboxylic acids is 1. The first-order valence-electron chi connectivity index (χ1n) is 21.1. The number of hydrogen-bond acceptors (Lipinski definition) is 7. The highest BCUT2D eigenvalue weighted by atomic mass is 32.2. The van der Waals surface area contributed by atoms with Crippen LogP contribution in [-0.2, 0) is 43.9 Å². The second-order valence-corrected chi connectivity index (χ2v) is 17.9. The number of hydrogen-bond donors (Lipinski definition) is 3. The van der Waals surface area contributed by atoms with Gasteiger partial charge in [-0.05, 0) is 83.8 Å². The van der Waals surface area contributed by atoms with Gasteiger partial charge in [0.1, 0.15) is 6.04 Å². The number of benzene rings is 5. The van der Waals surface area contributed by atoms with Crippen LogP contribution < -0.4 is 10.0 Å². The van der Waals surface area contributed by atoms with Crippen LogP contribution in [0.25, 0.3) is 11.1 Å². The lowest BCUT2D eigenvalue weighted by Gasteiger charge is -2.43. The third-order valence-electron chi connectivity index (χ3n) is 11.9. The quantitative estimate of drug-likeness (QED) is 0.0805. The molecule has 5 unspecified atom stereocenters. The maximum atomic E-state index is 13.8. The van der Waals surface area contributed by atoms with E-state index in [1.165, 1.54) is 25.7 Å². The van der Waals surface area contributed by atoms with E-state index in [1.54, 1.807) is 24.3 Å². The average molecular weight is 828 g/mol. The van der Waals surface area contributed by atoms with Gasteiger partial charge in [-0.1, -0.05) is 135 Å². The molecule has 1 saturated heterocycles. The molecular weight excluding hydrogens is 771 g/mol. The van der Waals surface area contributed by atoms with Crippen LogP contribution in [0.2, 0.25) is 0 Å². The number of aliphatic hydroxyl groups excluding tert-OH is 1. The molecule has 10 heteroatoms. The van der Waals surface area contributed by atoms with E-state index in [-0.39, 0.29) is 42.6 Å². The van der Waals surface area contributed by atoms with Crippen LogP contribution in [0, 0.1) is 12.8 Å². The summed E-state index contributed by atoms with van der Waals surface area (Å²) in [5, 5.41) is 12.7. The Kier molecular flexibility index (Phi) is 14.4. The number of ether oxygens (including phenoxy) is 2. The van der Waals surface area contributed by atoms with Crippen LogP contribution in [0.15, 0.2) is 145 Å². The fourth-order valence-electron chi connectivity index (χ4n) is 8.42. The zero-order chi connectivity index (χ0) is 42.1. The summed E-state index contributed by atoms with van der Waals surface area (Å²) in [5.74, 6) is -0.354. The van der Waals surface area contributed by atoms with Crippen LogP contribution in [0.1, 0.15) is 78.4 Å². The minimum atomic E-state index is -3.97. The van der Waals surface area contributed by atoms with Crippen molar-refractivity contribution in [3.8, 4) is 11.1 Å². The molecule has 3 N–H and O–H groups in total. The Labute approximate surface area is 355 Å². The Morgan fingerprint density at radius 2 is 1.52 bits per heavy atom. The standard InChI is InChI=1S/C50H57N3O6S/c1-4-28-53(44-18-8-9-19-44)33-47-36(3)48(40-24-22-38(34-54)23-25-40)59-50(58-47)43-17-11-16-42(31-43)41-15-10-14-39(29-41)32-51-49(55)46(30-37-12-6-5-7-13-37)52-60(56,57)45-26-20-35(2)21-27-45/h4-7,10-17,20-27,29,31,36,44,46-48,50,52,54H,1,8-9,18-19,28,30,32-34H2,2-3H3,(H,51,55). The van der Waals surface area contributed by atoms with Crippen molar-refractivity contribution in [2.24, 2.45) is 5.92 Å². The number of aliphatic hydroxyl groups is 1. The number of nitrogens with zero attached hydrogens (tertiary/aromatic N) is 1. The van der Waals surface area contributed by atoms with Crippen molar-refractivity contribution in [2.75, 3.05) is 13.1 Å². The molecule has 1 aliphatic carbocycles. The predicted molar refractivity (Wildman–Crippen MR) is 236 cm³/mol. The Balaban J connectivity index is 1.09. The molecule has 1 saturated carbocycles. The zero-order valence-electron chi connectivity index (χ0n) is 34.6. The molecule has 60 heavy (non-hydrogen) atoms. The molecule has 2 fully saturated rings. The van der Waals surface area contributed by atoms with E-state index in [9.17, 15) is 18.3 Å². The van der Waals surface area contributed by atoms with Gasteiger partial charge >= 0.3 is 0 Å². The second-order valence-electron chi connectivity index (χ2n) is 16.2. The minimum Gasteiger partial charge on any atom is -0.392 e. The highest BCUT2D eigenvalue weighted by Crippen LogP contribution is 2.43. The SMILES string of the molecule is C=CCN(CC1OC(c2cccc(-c3cccc(CNC(=O)C(Cc4ccccc4)NS(=O)(=O)c4ccc(C)cc4)c3)c2)OC(c2ccc(CO)cc2)C1C)C1CCCC1. The van der Waals surface area contributed by atoms with Crippen LogP contribution in [0.3, 0.4) is 0 Å². The highest BCUT2D eigenvalue weighted by Gasteiger charge is 2.40.